The molecule has 0 aliphatic heterocycles. The fraction of sp³-hybridized carbons (Fsp3) is 0.300. The highest BCUT2D eigenvalue weighted by molar-refractivity contribution is 6.28. The Morgan fingerprint density at radius 1 is 1.23 bits per heavy atom. The third-order valence-corrected chi connectivity index (χ3v) is 4.84. The summed E-state index contributed by atoms with van der Waals surface area (Å²) in [5.74, 6) is 0.611. The summed E-state index contributed by atoms with van der Waals surface area (Å²) in [5, 5.41) is 17.8. The number of hydrogen-bond acceptors (Lipinski definition) is 6. The largest absolute Gasteiger partial charge is 0.395 e. The second kappa shape index (κ2) is 6.46. The highest BCUT2D eigenvalue weighted by Crippen LogP contribution is 2.45. The molecule has 0 atom stereocenters. The number of nitrogens with zero attached hydrogens (tertiary/aromatic N) is 2. The molecule has 0 saturated carbocycles. The molecule has 0 fully saturated rings. The number of aromatic nitrogens is 1. The molecular weight excluding hydrogens is 330 g/mol. The van der Waals surface area contributed by atoms with E-state index in [-0.39, 0.29) is 12.4 Å². The predicted molar refractivity (Wildman–Crippen MR) is 102 cm³/mol. The molecule has 0 saturated heterocycles. The van der Waals surface area contributed by atoms with Crippen LogP contribution in [0.25, 0.3) is 22.2 Å². The monoisotopic (exact) mass is 351 g/mol. The van der Waals surface area contributed by atoms with E-state index in [2.05, 4.69) is 10.5 Å². The molecule has 1 aromatic heterocycles. The quantitative estimate of drug-likeness (QED) is 0.555. The van der Waals surface area contributed by atoms with Gasteiger partial charge in [0.15, 0.2) is 11.5 Å². The smallest absolute Gasteiger partial charge is 0.196 e. The number of rotatable bonds is 6. The first-order valence-corrected chi connectivity index (χ1v) is 8.91. The maximum absolute atomic E-state index is 13.2. The van der Waals surface area contributed by atoms with Crippen LogP contribution in [0.1, 0.15) is 29.8 Å². The molecule has 134 valence electrons. The van der Waals surface area contributed by atoms with Crippen molar-refractivity contribution in [1.29, 1.82) is 0 Å². The van der Waals surface area contributed by atoms with Gasteiger partial charge in [-0.3, -0.25) is 4.79 Å². The lowest BCUT2D eigenvalue weighted by atomic mass is 9.86. The zero-order chi connectivity index (χ0) is 18.3. The number of aliphatic hydroxyl groups excluding tert-OH is 1. The molecular formula is C20H21N3O3. The second-order valence-electron chi connectivity index (χ2n) is 6.26. The molecule has 0 amide bonds. The minimum absolute atomic E-state index is 0.0194. The second-order valence-corrected chi connectivity index (χ2v) is 6.26. The van der Waals surface area contributed by atoms with Gasteiger partial charge < -0.3 is 19.8 Å². The van der Waals surface area contributed by atoms with Crippen LogP contribution in [0.4, 0.5) is 11.4 Å². The van der Waals surface area contributed by atoms with Crippen molar-refractivity contribution in [3.63, 3.8) is 0 Å². The summed E-state index contributed by atoms with van der Waals surface area (Å²) in [6.07, 6.45) is 0. The summed E-state index contributed by atoms with van der Waals surface area (Å²) >= 11 is 0. The number of fused-ring (bicyclic) bond motifs is 2. The van der Waals surface area contributed by atoms with E-state index in [9.17, 15) is 9.90 Å². The summed E-state index contributed by atoms with van der Waals surface area (Å²) in [6.45, 7) is 5.96. The number of carbonyl (C=O) groups is 1. The fourth-order valence-corrected chi connectivity index (χ4v) is 3.68. The minimum Gasteiger partial charge on any atom is -0.395 e. The summed E-state index contributed by atoms with van der Waals surface area (Å²) < 4.78 is 5.70. The average Bonchev–Trinajstić information content (AvgIpc) is 3.10. The van der Waals surface area contributed by atoms with Crippen molar-refractivity contribution in [1.82, 2.24) is 5.16 Å². The van der Waals surface area contributed by atoms with Gasteiger partial charge in [0.2, 0.25) is 0 Å². The van der Waals surface area contributed by atoms with E-state index in [4.69, 9.17) is 4.52 Å². The maximum Gasteiger partial charge on any atom is 0.196 e. The summed E-state index contributed by atoms with van der Waals surface area (Å²) in [6, 6.07) is 9.41. The van der Waals surface area contributed by atoms with Gasteiger partial charge in [-0.2, -0.15) is 0 Å². The third-order valence-electron chi connectivity index (χ3n) is 4.84. The number of ketones is 1. The molecule has 3 aromatic rings. The molecule has 0 radical (unpaired) electrons. The van der Waals surface area contributed by atoms with Crippen LogP contribution in [-0.4, -0.2) is 42.3 Å². The molecule has 2 aromatic carbocycles. The first-order chi connectivity index (χ1) is 12.7. The molecule has 0 bridgehead atoms. The van der Waals surface area contributed by atoms with Gasteiger partial charge in [0, 0.05) is 36.4 Å². The van der Waals surface area contributed by atoms with Crippen molar-refractivity contribution >= 4 is 28.1 Å². The summed E-state index contributed by atoms with van der Waals surface area (Å²) in [5.41, 5.74) is 4.31. The van der Waals surface area contributed by atoms with E-state index in [0.717, 1.165) is 22.3 Å². The van der Waals surface area contributed by atoms with Crippen LogP contribution < -0.4 is 10.2 Å². The predicted octanol–water partition coefficient (Wildman–Crippen LogP) is 3.29. The Bertz CT molecular complexity index is 993. The molecule has 6 nitrogen and oxygen atoms in total. The third kappa shape index (κ3) is 2.29. The van der Waals surface area contributed by atoms with Crippen LogP contribution in [0.3, 0.4) is 0 Å². The van der Waals surface area contributed by atoms with Crippen LogP contribution in [0.15, 0.2) is 34.9 Å². The highest BCUT2D eigenvalue weighted by Gasteiger charge is 2.33. The molecule has 1 heterocycles. The van der Waals surface area contributed by atoms with E-state index in [1.165, 1.54) is 0 Å². The minimum atomic E-state index is -0.0194. The Labute approximate surface area is 151 Å². The number of benzene rings is 2. The molecule has 26 heavy (non-hydrogen) atoms. The topological polar surface area (TPSA) is 78.6 Å². The summed E-state index contributed by atoms with van der Waals surface area (Å²) in [4.78, 5) is 15.2. The zero-order valence-corrected chi connectivity index (χ0v) is 14.9. The molecule has 0 spiro atoms. The van der Waals surface area contributed by atoms with Crippen LogP contribution in [0.2, 0.25) is 0 Å². The maximum atomic E-state index is 13.2. The SMILES string of the molecule is CCNc1cc(N(CC)CCO)c2noc3c2c1C(=O)c1ccccc1-3. The Balaban J connectivity index is 2.07. The van der Waals surface area contributed by atoms with Crippen LogP contribution in [0.5, 0.6) is 0 Å². The number of aliphatic hydroxyl groups is 1. The van der Waals surface area contributed by atoms with Crippen molar-refractivity contribution in [3.05, 3.63) is 41.5 Å². The van der Waals surface area contributed by atoms with Gasteiger partial charge in [0.05, 0.1) is 23.2 Å². The van der Waals surface area contributed by atoms with Crippen molar-refractivity contribution < 1.29 is 14.4 Å². The highest BCUT2D eigenvalue weighted by atomic mass is 16.5. The number of anilines is 2. The average molecular weight is 351 g/mol. The lowest BCUT2D eigenvalue weighted by Gasteiger charge is -2.25. The summed E-state index contributed by atoms with van der Waals surface area (Å²) in [7, 11) is 0. The molecule has 1 aliphatic rings. The Kier molecular flexibility index (Phi) is 4.12. The first kappa shape index (κ1) is 16.6. The van der Waals surface area contributed by atoms with Crippen molar-refractivity contribution in [2.45, 2.75) is 13.8 Å². The van der Waals surface area contributed by atoms with Gasteiger partial charge in [-0.25, -0.2) is 0 Å². The molecule has 2 N–H and O–H groups in total. The van der Waals surface area contributed by atoms with Crippen molar-refractivity contribution in [3.8, 4) is 11.3 Å². The number of hydrogen-bond donors (Lipinski definition) is 2. The molecule has 6 heteroatoms. The van der Waals surface area contributed by atoms with E-state index in [1.54, 1.807) is 0 Å². The molecule has 1 aliphatic carbocycles. The van der Waals surface area contributed by atoms with E-state index < -0.39 is 0 Å². The van der Waals surface area contributed by atoms with Crippen LogP contribution in [-0.2, 0) is 0 Å². The zero-order valence-electron chi connectivity index (χ0n) is 14.9. The van der Waals surface area contributed by atoms with Gasteiger partial charge in [-0.1, -0.05) is 29.4 Å². The Morgan fingerprint density at radius 2 is 2.00 bits per heavy atom. The number of likely N-dealkylation sites (N-methyl/N-ethyl adjacent to an activating group) is 1. The van der Waals surface area contributed by atoms with Crippen molar-refractivity contribution in [2.24, 2.45) is 0 Å². The lowest BCUT2D eigenvalue weighted by Crippen LogP contribution is -2.27. The van der Waals surface area contributed by atoms with Gasteiger partial charge in [0.1, 0.15) is 5.52 Å². The Hall–Kier alpha value is -2.86. The molecule has 0 unspecified atom stereocenters. The van der Waals surface area contributed by atoms with Crippen LogP contribution in [0, 0.1) is 0 Å². The number of carbonyl (C=O) groups excluding carboxylic acids is 1. The lowest BCUT2D eigenvalue weighted by molar-refractivity contribution is 0.104. The first-order valence-electron chi connectivity index (χ1n) is 8.91. The van der Waals surface area contributed by atoms with Gasteiger partial charge in [-0.05, 0) is 19.9 Å². The van der Waals surface area contributed by atoms with E-state index in [1.807, 2.05) is 49.1 Å². The van der Waals surface area contributed by atoms with E-state index in [0.29, 0.717) is 42.0 Å². The fourth-order valence-electron chi connectivity index (χ4n) is 3.68. The molecule has 4 rings (SSSR count). The standard InChI is InChI=1S/C20H21N3O3/c1-3-21-14-11-15(23(4-2)9-10-24)18-17-16(14)19(25)12-7-5-6-8-13(12)20(17)26-22-18/h5-8,11,21,24H,3-4,9-10H2,1-2H3. The van der Waals surface area contributed by atoms with Gasteiger partial charge in [0.25, 0.3) is 0 Å². The van der Waals surface area contributed by atoms with Gasteiger partial charge >= 0.3 is 0 Å². The Morgan fingerprint density at radius 3 is 2.69 bits per heavy atom. The van der Waals surface area contributed by atoms with E-state index >= 15 is 0 Å². The van der Waals surface area contributed by atoms with Crippen molar-refractivity contribution in [2.75, 3.05) is 36.5 Å². The number of nitrogens with one attached hydrogen (secondary N) is 1. The van der Waals surface area contributed by atoms with Crippen LogP contribution >= 0.6 is 0 Å². The van der Waals surface area contributed by atoms with Gasteiger partial charge in [-0.15, -0.1) is 0 Å². The normalized spacial score (nSPS) is 12.3.